The van der Waals surface area contributed by atoms with Crippen molar-refractivity contribution >= 4 is 5.96 Å². The molecule has 0 radical (unpaired) electrons. The quantitative estimate of drug-likeness (QED) is 0.344. The van der Waals surface area contributed by atoms with E-state index in [0.29, 0.717) is 12.0 Å². The molecule has 0 amide bonds. The van der Waals surface area contributed by atoms with Gasteiger partial charge in [-0.05, 0) is 63.7 Å². The largest absolute Gasteiger partial charge is 0.382 e. The number of aliphatic imine (C=N–C) groups is 1. The fourth-order valence-electron chi connectivity index (χ4n) is 4.05. The Morgan fingerprint density at radius 1 is 1.14 bits per heavy atom. The van der Waals surface area contributed by atoms with Crippen molar-refractivity contribution in [2.75, 3.05) is 40.4 Å². The van der Waals surface area contributed by atoms with Gasteiger partial charge in [-0.2, -0.15) is 0 Å². The zero-order valence-electron chi connectivity index (χ0n) is 18.4. The van der Waals surface area contributed by atoms with Crippen molar-refractivity contribution in [1.82, 2.24) is 15.5 Å². The normalized spacial score (nSPS) is 16.5. The van der Waals surface area contributed by atoms with Crippen LogP contribution in [0.2, 0.25) is 0 Å². The Bertz CT molecular complexity index is 594. The van der Waals surface area contributed by atoms with Crippen LogP contribution in [-0.2, 0) is 17.8 Å². The first-order chi connectivity index (χ1) is 13.6. The Morgan fingerprint density at radius 3 is 2.57 bits per heavy atom. The summed E-state index contributed by atoms with van der Waals surface area (Å²) < 4.78 is 5.64. The molecule has 5 nitrogen and oxygen atoms in total. The number of hydrogen-bond donors (Lipinski definition) is 2. The fourth-order valence-corrected chi connectivity index (χ4v) is 4.05. The van der Waals surface area contributed by atoms with E-state index in [-0.39, 0.29) is 0 Å². The van der Waals surface area contributed by atoms with Gasteiger partial charge in [0.2, 0.25) is 0 Å². The van der Waals surface area contributed by atoms with E-state index in [1.807, 2.05) is 0 Å². The van der Waals surface area contributed by atoms with Crippen molar-refractivity contribution in [2.45, 2.75) is 59.0 Å². The lowest BCUT2D eigenvalue weighted by molar-refractivity contribution is 0.105. The molecule has 0 aliphatic heterocycles. The van der Waals surface area contributed by atoms with Gasteiger partial charge in [0.25, 0.3) is 0 Å². The Labute approximate surface area is 171 Å². The van der Waals surface area contributed by atoms with Crippen LogP contribution in [0, 0.1) is 5.41 Å². The van der Waals surface area contributed by atoms with Crippen molar-refractivity contribution in [3.63, 3.8) is 0 Å². The molecule has 1 fully saturated rings. The predicted molar refractivity (Wildman–Crippen MR) is 119 cm³/mol. The SMILES string of the molecule is CCNC(=NCc1cccc(CN(C)C)c1)NCC1(CCOCC)CCCC1. The van der Waals surface area contributed by atoms with Crippen LogP contribution in [0.5, 0.6) is 0 Å². The Hall–Kier alpha value is -1.59. The van der Waals surface area contributed by atoms with Crippen molar-refractivity contribution in [1.29, 1.82) is 0 Å². The Kier molecular flexibility index (Phi) is 9.79. The minimum absolute atomic E-state index is 0.358. The summed E-state index contributed by atoms with van der Waals surface area (Å²) in [6.07, 6.45) is 6.39. The first-order valence-corrected chi connectivity index (χ1v) is 10.9. The van der Waals surface area contributed by atoms with E-state index in [0.717, 1.165) is 45.2 Å². The summed E-state index contributed by atoms with van der Waals surface area (Å²) in [7, 11) is 4.20. The average Bonchev–Trinajstić information content (AvgIpc) is 3.13. The van der Waals surface area contributed by atoms with Crippen LogP contribution >= 0.6 is 0 Å². The van der Waals surface area contributed by atoms with Crippen LogP contribution in [-0.4, -0.2) is 51.3 Å². The smallest absolute Gasteiger partial charge is 0.191 e. The molecule has 0 bridgehead atoms. The lowest BCUT2D eigenvalue weighted by atomic mass is 9.83. The molecular formula is C23H40N4O. The maximum atomic E-state index is 5.64. The number of ether oxygens (including phenoxy) is 1. The zero-order valence-corrected chi connectivity index (χ0v) is 18.4. The summed E-state index contributed by atoms with van der Waals surface area (Å²) in [5.74, 6) is 0.920. The van der Waals surface area contributed by atoms with Crippen LogP contribution in [0.3, 0.4) is 0 Å². The highest BCUT2D eigenvalue weighted by atomic mass is 16.5. The molecule has 0 aromatic heterocycles. The van der Waals surface area contributed by atoms with Gasteiger partial charge < -0.3 is 20.3 Å². The van der Waals surface area contributed by atoms with Gasteiger partial charge in [0.15, 0.2) is 5.96 Å². The summed E-state index contributed by atoms with van der Waals surface area (Å²) in [6, 6.07) is 8.73. The maximum absolute atomic E-state index is 5.64. The second kappa shape index (κ2) is 12.1. The Morgan fingerprint density at radius 2 is 1.89 bits per heavy atom. The van der Waals surface area contributed by atoms with Gasteiger partial charge in [0.1, 0.15) is 0 Å². The number of nitrogens with zero attached hydrogens (tertiary/aromatic N) is 2. The molecule has 1 aliphatic carbocycles. The van der Waals surface area contributed by atoms with Crippen molar-refractivity contribution in [2.24, 2.45) is 10.4 Å². The molecule has 2 N–H and O–H groups in total. The first-order valence-electron chi connectivity index (χ1n) is 10.9. The molecule has 0 atom stereocenters. The van der Waals surface area contributed by atoms with Gasteiger partial charge in [-0.3, -0.25) is 0 Å². The number of guanidine groups is 1. The van der Waals surface area contributed by atoms with Gasteiger partial charge in [-0.25, -0.2) is 4.99 Å². The highest BCUT2D eigenvalue weighted by Crippen LogP contribution is 2.40. The second-order valence-corrected chi connectivity index (χ2v) is 8.26. The summed E-state index contributed by atoms with van der Waals surface area (Å²) in [5, 5.41) is 7.03. The molecule has 1 aromatic carbocycles. The average molecular weight is 389 g/mol. The third-order valence-corrected chi connectivity index (χ3v) is 5.53. The third kappa shape index (κ3) is 7.80. The summed E-state index contributed by atoms with van der Waals surface area (Å²) in [5.41, 5.74) is 2.94. The van der Waals surface area contributed by atoms with E-state index >= 15 is 0 Å². The lowest BCUT2D eigenvalue weighted by Gasteiger charge is -2.30. The molecule has 0 heterocycles. The summed E-state index contributed by atoms with van der Waals surface area (Å²) in [4.78, 5) is 7.03. The van der Waals surface area contributed by atoms with Crippen LogP contribution in [0.25, 0.3) is 0 Å². The minimum atomic E-state index is 0.358. The van der Waals surface area contributed by atoms with Crippen molar-refractivity contribution < 1.29 is 4.74 Å². The van der Waals surface area contributed by atoms with E-state index in [2.05, 4.69) is 67.7 Å². The van der Waals surface area contributed by atoms with Gasteiger partial charge >= 0.3 is 0 Å². The monoisotopic (exact) mass is 388 g/mol. The van der Waals surface area contributed by atoms with Crippen LogP contribution < -0.4 is 10.6 Å². The Balaban J connectivity index is 1.96. The number of benzene rings is 1. The van der Waals surface area contributed by atoms with E-state index in [1.165, 1.54) is 36.8 Å². The van der Waals surface area contributed by atoms with Gasteiger partial charge in [-0.1, -0.05) is 37.1 Å². The maximum Gasteiger partial charge on any atom is 0.191 e. The van der Waals surface area contributed by atoms with Crippen LogP contribution in [0.1, 0.15) is 57.1 Å². The van der Waals surface area contributed by atoms with Gasteiger partial charge in [0.05, 0.1) is 6.54 Å². The van der Waals surface area contributed by atoms with E-state index in [4.69, 9.17) is 9.73 Å². The highest BCUT2D eigenvalue weighted by molar-refractivity contribution is 5.79. The predicted octanol–water partition coefficient (Wildman–Crippen LogP) is 3.79. The number of rotatable bonds is 11. The van der Waals surface area contributed by atoms with E-state index < -0.39 is 0 Å². The first kappa shape index (κ1) is 22.7. The summed E-state index contributed by atoms with van der Waals surface area (Å²) >= 11 is 0. The molecule has 0 unspecified atom stereocenters. The molecule has 1 saturated carbocycles. The molecule has 1 aromatic rings. The molecule has 0 saturated heterocycles. The van der Waals surface area contributed by atoms with Crippen LogP contribution in [0.4, 0.5) is 0 Å². The molecular weight excluding hydrogens is 348 g/mol. The van der Waals surface area contributed by atoms with Gasteiger partial charge in [-0.15, -0.1) is 0 Å². The lowest BCUT2D eigenvalue weighted by Crippen LogP contribution is -2.43. The molecule has 5 heteroatoms. The van der Waals surface area contributed by atoms with Gasteiger partial charge in [0, 0.05) is 32.8 Å². The summed E-state index contributed by atoms with van der Waals surface area (Å²) in [6.45, 7) is 9.37. The van der Waals surface area contributed by atoms with Crippen molar-refractivity contribution in [3.8, 4) is 0 Å². The topological polar surface area (TPSA) is 48.9 Å². The third-order valence-electron chi connectivity index (χ3n) is 5.53. The van der Waals surface area contributed by atoms with Crippen LogP contribution in [0.15, 0.2) is 29.3 Å². The molecule has 2 rings (SSSR count). The van der Waals surface area contributed by atoms with Crippen molar-refractivity contribution in [3.05, 3.63) is 35.4 Å². The molecule has 158 valence electrons. The standard InChI is InChI=1S/C23H40N4O/c1-5-24-22(25-17-20-10-9-11-21(16-20)18-27(3)4)26-19-23(12-7-8-13-23)14-15-28-6-2/h9-11,16H,5-8,12-15,17-19H2,1-4H3,(H2,24,25,26). The molecule has 28 heavy (non-hydrogen) atoms. The molecule has 0 spiro atoms. The van der Waals surface area contributed by atoms with E-state index in [9.17, 15) is 0 Å². The minimum Gasteiger partial charge on any atom is -0.382 e. The zero-order chi connectivity index (χ0) is 20.2. The number of nitrogens with one attached hydrogen (secondary N) is 2. The fraction of sp³-hybridized carbons (Fsp3) is 0.696. The highest BCUT2D eigenvalue weighted by Gasteiger charge is 2.33. The van der Waals surface area contributed by atoms with E-state index in [1.54, 1.807) is 0 Å². The molecule has 1 aliphatic rings. The number of hydrogen-bond acceptors (Lipinski definition) is 3. The second-order valence-electron chi connectivity index (χ2n) is 8.26.